The number of aromatic nitrogens is 1. The number of para-hydroxylation sites is 1. The topological polar surface area (TPSA) is 103 Å². The summed E-state index contributed by atoms with van der Waals surface area (Å²) >= 11 is 0. The SMILES string of the molecule is [2H]C([2H])([2H])N[C@@H](CC)C(=O)N[C@H](C(=O)N1c2ncccc2C[C@H]1C(=O)Nc1ccccc1)C1CCCCC1. The van der Waals surface area contributed by atoms with Crippen LogP contribution in [0, 0.1) is 5.92 Å². The van der Waals surface area contributed by atoms with Gasteiger partial charge >= 0.3 is 0 Å². The third kappa shape index (κ3) is 5.53. The molecule has 1 aromatic carbocycles. The number of pyridine rings is 1. The molecule has 186 valence electrons. The lowest BCUT2D eigenvalue weighted by Gasteiger charge is -2.35. The highest BCUT2D eigenvalue weighted by Gasteiger charge is 2.44. The number of hydrogen-bond donors (Lipinski definition) is 3. The Morgan fingerprint density at radius 1 is 1.11 bits per heavy atom. The molecule has 35 heavy (non-hydrogen) atoms. The Bertz CT molecular complexity index is 1140. The highest BCUT2D eigenvalue weighted by Crippen LogP contribution is 2.34. The number of anilines is 2. The molecule has 3 N–H and O–H groups in total. The van der Waals surface area contributed by atoms with Crippen LogP contribution in [0.4, 0.5) is 11.5 Å². The van der Waals surface area contributed by atoms with Crippen LogP contribution in [0.25, 0.3) is 0 Å². The minimum atomic E-state index is -2.50. The van der Waals surface area contributed by atoms with Crippen molar-refractivity contribution in [3.05, 3.63) is 54.2 Å². The van der Waals surface area contributed by atoms with Gasteiger partial charge in [-0.2, -0.15) is 0 Å². The van der Waals surface area contributed by atoms with Gasteiger partial charge in [0.1, 0.15) is 17.9 Å². The number of rotatable bonds is 8. The Morgan fingerprint density at radius 2 is 1.89 bits per heavy atom. The molecule has 0 unspecified atom stereocenters. The first-order chi connectivity index (χ1) is 18.2. The van der Waals surface area contributed by atoms with Crippen LogP contribution in [0.15, 0.2) is 48.7 Å². The number of benzene rings is 1. The maximum Gasteiger partial charge on any atom is 0.251 e. The molecular weight excluding hydrogens is 442 g/mol. The lowest BCUT2D eigenvalue weighted by atomic mass is 9.83. The van der Waals surface area contributed by atoms with Crippen LogP contribution in [0.1, 0.15) is 55.1 Å². The van der Waals surface area contributed by atoms with Gasteiger partial charge in [0.2, 0.25) is 11.8 Å². The molecule has 3 atom stereocenters. The summed E-state index contributed by atoms with van der Waals surface area (Å²) in [5, 5.41) is 8.15. The quantitative estimate of drug-likeness (QED) is 0.539. The minimum absolute atomic E-state index is 0.129. The average molecular weight is 481 g/mol. The summed E-state index contributed by atoms with van der Waals surface area (Å²) < 4.78 is 22.6. The van der Waals surface area contributed by atoms with Crippen molar-refractivity contribution in [2.75, 3.05) is 17.2 Å². The van der Waals surface area contributed by atoms with Gasteiger partial charge in [0.05, 0.1) is 6.04 Å². The van der Waals surface area contributed by atoms with Crippen molar-refractivity contribution in [2.24, 2.45) is 5.92 Å². The standard InChI is InChI=1S/C27H35N5O3/c1-3-21(28-2)25(33)31-23(18-11-6-4-7-12-18)27(35)32-22(17-19-13-10-16-29-24(19)32)26(34)30-20-14-8-5-9-15-20/h5,8-10,13-16,18,21-23,28H,3-4,6-7,11-12,17H2,1-2H3,(H,30,34)(H,31,33)/t21-,22-,23-/m0/s1/i2D3. The second-order valence-electron chi connectivity index (χ2n) is 9.26. The third-order valence-electron chi connectivity index (χ3n) is 6.99. The largest absolute Gasteiger partial charge is 0.343 e. The normalized spacial score (nSPS) is 21.1. The summed E-state index contributed by atoms with van der Waals surface area (Å²) in [4.78, 5) is 46.8. The van der Waals surface area contributed by atoms with Crippen molar-refractivity contribution in [1.29, 1.82) is 0 Å². The van der Waals surface area contributed by atoms with E-state index >= 15 is 0 Å². The summed E-state index contributed by atoms with van der Waals surface area (Å²) in [7, 11) is 0. The predicted octanol–water partition coefficient (Wildman–Crippen LogP) is 3.04. The zero-order valence-electron chi connectivity index (χ0n) is 23.0. The second kappa shape index (κ2) is 11.4. The van der Waals surface area contributed by atoms with Gasteiger partial charge in [-0.3, -0.25) is 19.3 Å². The summed E-state index contributed by atoms with van der Waals surface area (Å²) in [6.07, 6.45) is 6.55. The molecule has 0 spiro atoms. The van der Waals surface area contributed by atoms with Crippen molar-refractivity contribution in [3.8, 4) is 0 Å². The maximum atomic E-state index is 14.3. The van der Waals surface area contributed by atoms with E-state index in [0.29, 0.717) is 17.9 Å². The van der Waals surface area contributed by atoms with Gasteiger partial charge in [0.25, 0.3) is 5.91 Å². The summed E-state index contributed by atoms with van der Waals surface area (Å²) in [5.74, 6) is -1.01. The molecule has 1 fully saturated rings. The predicted molar refractivity (Wildman–Crippen MR) is 136 cm³/mol. The van der Waals surface area contributed by atoms with E-state index in [1.165, 1.54) is 4.90 Å². The van der Waals surface area contributed by atoms with Crippen LogP contribution in [0.2, 0.25) is 0 Å². The molecule has 3 amide bonds. The Hall–Kier alpha value is -3.26. The Kier molecular flexibility index (Phi) is 6.89. The molecular formula is C27H35N5O3. The van der Waals surface area contributed by atoms with Crippen LogP contribution in [0.5, 0.6) is 0 Å². The summed E-state index contributed by atoms with van der Waals surface area (Å²) in [6.45, 7) is -0.786. The number of fused-ring (bicyclic) bond motifs is 1. The fraction of sp³-hybridized carbons (Fsp3) is 0.481. The number of likely N-dealkylation sites (N-methyl/N-ethyl adjacent to an activating group) is 1. The minimum Gasteiger partial charge on any atom is -0.343 e. The zero-order chi connectivity index (χ0) is 27.3. The number of nitrogens with zero attached hydrogens (tertiary/aromatic N) is 2. The van der Waals surface area contributed by atoms with Gasteiger partial charge < -0.3 is 16.0 Å². The number of amides is 3. The maximum absolute atomic E-state index is 14.3. The molecule has 4 rings (SSSR count). The molecule has 0 bridgehead atoms. The number of nitrogens with one attached hydrogen (secondary N) is 3. The van der Waals surface area contributed by atoms with Crippen molar-refractivity contribution in [1.82, 2.24) is 15.6 Å². The fourth-order valence-electron chi connectivity index (χ4n) is 5.07. The molecule has 2 aliphatic rings. The molecule has 8 heteroatoms. The van der Waals surface area contributed by atoms with Crippen LogP contribution in [0.3, 0.4) is 0 Å². The smallest absolute Gasteiger partial charge is 0.251 e. The van der Waals surface area contributed by atoms with Crippen molar-refractivity contribution < 1.29 is 18.5 Å². The zero-order valence-corrected chi connectivity index (χ0v) is 20.0. The van der Waals surface area contributed by atoms with E-state index in [1.54, 1.807) is 31.3 Å². The summed E-state index contributed by atoms with van der Waals surface area (Å²) in [6, 6.07) is 9.92. The first-order valence-electron chi connectivity index (χ1n) is 13.9. The average Bonchev–Trinajstić information content (AvgIpc) is 3.30. The Balaban J connectivity index is 1.63. The van der Waals surface area contributed by atoms with Gasteiger partial charge in [0, 0.05) is 22.4 Å². The van der Waals surface area contributed by atoms with Crippen molar-refractivity contribution >= 4 is 29.2 Å². The van der Waals surface area contributed by atoms with Crippen LogP contribution in [-0.4, -0.2) is 47.8 Å². The molecule has 1 aliphatic heterocycles. The molecule has 1 aliphatic carbocycles. The highest BCUT2D eigenvalue weighted by molar-refractivity contribution is 6.09. The van der Waals surface area contributed by atoms with Gasteiger partial charge in [0.15, 0.2) is 0 Å². The van der Waals surface area contributed by atoms with Gasteiger partial charge in [-0.15, -0.1) is 0 Å². The van der Waals surface area contributed by atoms with E-state index in [0.717, 1.165) is 37.7 Å². The Morgan fingerprint density at radius 3 is 2.60 bits per heavy atom. The fourth-order valence-corrected chi connectivity index (χ4v) is 5.07. The number of hydrogen-bond acceptors (Lipinski definition) is 5. The van der Waals surface area contributed by atoms with E-state index in [2.05, 4.69) is 20.9 Å². The summed E-state index contributed by atoms with van der Waals surface area (Å²) in [5.41, 5.74) is 1.39. The molecule has 1 aromatic heterocycles. The monoisotopic (exact) mass is 480 g/mol. The highest BCUT2D eigenvalue weighted by atomic mass is 16.2. The van der Waals surface area contributed by atoms with Gasteiger partial charge in [-0.05, 0) is 55.9 Å². The number of carbonyl (C=O) groups excluding carboxylic acids is 3. The van der Waals surface area contributed by atoms with E-state index < -0.39 is 36.9 Å². The van der Waals surface area contributed by atoms with E-state index in [9.17, 15) is 14.4 Å². The van der Waals surface area contributed by atoms with Gasteiger partial charge in [-0.1, -0.05) is 50.5 Å². The van der Waals surface area contributed by atoms with E-state index in [4.69, 9.17) is 4.11 Å². The van der Waals surface area contributed by atoms with Crippen LogP contribution in [-0.2, 0) is 20.8 Å². The molecule has 0 radical (unpaired) electrons. The van der Waals surface area contributed by atoms with E-state index in [1.807, 2.05) is 24.3 Å². The third-order valence-corrected chi connectivity index (χ3v) is 6.99. The first-order valence-corrected chi connectivity index (χ1v) is 12.4. The molecule has 0 saturated heterocycles. The second-order valence-corrected chi connectivity index (χ2v) is 9.26. The number of carbonyl (C=O) groups is 3. The molecule has 8 nitrogen and oxygen atoms in total. The molecule has 1 saturated carbocycles. The first kappa shape index (κ1) is 21.1. The lowest BCUT2D eigenvalue weighted by Crippen LogP contribution is -2.59. The van der Waals surface area contributed by atoms with Crippen molar-refractivity contribution in [3.63, 3.8) is 0 Å². The molecule has 2 heterocycles. The Labute approximate surface area is 211 Å². The molecule has 2 aromatic rings. The van der Waals surface area contributed by atoms with Crippen LogP contribution < -0.4 is 20.9 Å². The lowest BCUT2D eigenvalue weighted by molar-refractivity contribution is -0.131. The van der Waals surface area contributed by atoms with Crippen LogP contribution >= 0.6 is 0 Å². The van der Waals surface area contributed by atoms with E-state index in [-0.39, 0.29) is 18.2 Å². The van der Waals surface area contributed by atoms with Crippen molar-refractivity contribution in [2.45, 2.75) is 70.0 Å². The van der Waals surface area contributed by atoms with Gasteiger partial charge in [-0.25, -0.2) is 4.98 Å².